The van der Waals surface area contributed by atoms with Crippen molar-refractivity contribution in [2.24, 2.45) is 10.8 Å². The van der Waals surface area contributed by atoms with Crippen molar-refractivity contribution in [2.45, 2.75) is 79.2 Å². The number of carbonyl (C=O) groups is 2. The van der Waals surface area contributed by atoms with Crippen LogP contribution in [0.4, 0.5) is 0 Å². The Morgan fingerprint density at radius 3 is 1.88 bits per heavy atom. The van der Waals surface area contributed by atoms with Gasteiger partial charge in [0.25, 0.3) is 0 Å². The van der Waals surface area contributed by atoms with Crippen LogP contribution in [-0.4, -0.2) is 17.7 Å². The average molecular weight is 566 g/mol. The van der Waals surface area contributed by atoms with Gasteiger partial charge in [0.15, 0.2) is 11.6 Å². The molecule has 172 valence electrons. The zero-order chi connectivity index (χ0) is 23.6. The molecule has 0 spiro atoms. The first-order valence-corrected chi connectivity index (χ1v) is 12.7. The number of ketones is 2. The highest BCUT2D eigenvalue weighted by molar-refractivity contribution is 9.11. The molecule has 3 aliphatic rings. The Labute approximate surface area is 207 Å². The van der Waals surface area contributed by atoms with Crippen LogP contribution in [0.2, 0.25) is 0 Å². The van der Waals surface area contributed by atoms with Crippen LogP contribution in [0.25, 0.3) is 0 Å². The SMILES string of the molecule is CC(C)Oc1c(Br)cc(Br)cc1C1C2=C(CC(C)(C)CC2=O)OC2=C1C(=O)CC(C)(C)C2. The molecule has 0 radical (unpaired) electrons. The lowest BCUT2D eigenvalue weighted by Gasteiger charge is -2.43. The van der Waals surface area contributed by atoms with Crippen molar-refractivity contribution < 1.29 is 19.1 Å². The minimum absolute atomic E-state index is 0.0528. The van der Waals surface area contributed by atoms with E-state index in [9.17, 15) is 9.59 Å². The van der Waals surface area contributed by atoms with E-state index in [0.717, 1.165) is 14.5 Å². The molecule has 0 aromatic heterocycles. The largest absolute Gasteiger partial charge is 0.490 e. The number of rotatable bonds is 3. The monoisotopic (exact) mass is 564 g/mol. The highest BCUT2D eigenvalue weighted by Crippen LogP contribution is 2.55. The summed E-state index contributed by atoms with van der Waals surface area (Å²) in [5.41, 5.74) is 1.71. The summed E-state index contributed by atoms with van der Waals surface area (Å²) >= 11 is 7.25. The molecule has 0 bridgehead atoms. The number of hydrogen-bond donors (Lipinski definition) is 0. The number of allylic oxidation sites excluding steroid dienone is 4. The maximum Gasteiger partial charge on any atom is 0.163 e. The summed E-state index contributed by atoms with van der Waals surface area (Å²) in [5, 5.41) is 0. The second kappa shape index (κ2) is 8.12. The molecule has 32 heavy (non-hydrogen) atoms. The van der Waals surface area contributed by atoms with Crippen LogP contribution in [0.15, 0.2) is 43.7 Å². The van der Waals surface area contributed by atoms with E-state index in [-0.39, 0.29) is 28.5 Å². The summed E-state index contributed by atoms with van der Waals surface area (Å²) in [6, 6.07) is 3.91. The van der Waals surface area contributed by atoms with E-state index >= 15 is 0 Å². The normalized spacial score (nSPS) is 22.7. The third-order valence-electron chi connectivity index (χ3n) is 6.28. The molecule has 1 aromatic rings. The summed E-state index contributed by atoms with van der Waals surface area (Å²) in [7, 11) is 0. The summed E-state index contributed by atoms with van der Waals surface area (Å²) in [6.07, 6.45) is 2.15. The van der Waals surface area contributed by atoms with Crippen LogP contribution in [0, 0.1) is 10.8 Å². The lowest BCUT2D eigenvalue weighted by Crippen LogP contribution is -2.37. The molecular formula is C26H30Br2O4. The van der Waals surface area contributed by atoms with Gasteiger partial charge in [0, 0.05) is 46.9 Å². The second-order valence-electron chi connectivity index (χ2n) is 11.1. The lowest BCUT2D eigenvalue weighted by atomic mass is 9.65. The first-order chi connectivity index (χ1) is 14.8. The van der Waals surface area contributed by atoms with Crippen molar-refractivity contribution in [1.82, 2.24) is 0 Å². The number of ether oxygens (including phenoxy) is 2. The van der Waals surface area contributed by atoms with Gasteiger partial charge in [-0.2, -0.15) is 0 Å². The fraction of sp³-hybridized carbons (Fsp3) is 0.538. The van der Waals surface area contributed by atoms with Gasteiger partial charge >= 0.3 is 0 Å². The highest BCUT2D eigenvalue weighted by atomic mass is 79.9. The Balaban J connectivity index is 2.00. The molecule has 6 heteroatoms. The standard InChI is InChI=1S/C26H30Br2O4/c1-13(2)31-24-15(7-14(27)8-16(24)28)21-22-17(29)9-25(3,4)11-19(22)32-20-12-26(5,6)10-18(30)23(20)21/h7-8,13,21H,9-12H2,1-6H3. The van der Waals surface area contributed by atoms with Gasteiger partial charge in [0.05, 0.1) is 16.5 Å². The maximum absolute atomic E-state index is 13.5. The van der Waals surface area contributed by atoms with Gasteiger partial charge in [0.2, 0.25) is 0 Å². The van der Waals surface area contributed by atoms with Gasteiger partial charge in [-0.1, -0.05) is 43.6 Å². The van der Waals surface area contributed by atoms with Crippen molar-refractivity contribution in [1.29, 1.82) is 0 Å². The zero-order valence-electron chi connectivity index (χ0n) is 19.5. The summed E-state index contributed by atoms with van der Waals surface area (Å²) < 4.78 is 14.3. The molecule has 2 aliphatic carbocycles. The Morgan fingerprint density at radius 2 is 1.41 bits per heavy atom. The van der Waals surface area contributed by atoms with E-state index in [0.29, 0.717) is 54.1 Å². The molecule has 1 heterocycles. The first kappa shape index (κ1) is 23.7. The van der Waals surface area contributed by atoms with Crippen LogP contribution in [-0.2, 0) is 14.3 Å². The summed E-state index contributed by atoms with van der Waals surface area (Å²) in [5.74, 6) is 1.72. The highest BCUT2D eigenvalue weighted by Gasteiger charge is 2.48. The van der Waals surface area contributed by atoms with Crippen molar-refractivity contribution in [3.8, 4) is 5.75 Å². The molecule has 0 unspecified atom stereocenters. The topological polar surface area (TPSA) is 52.6 Å². The van der Waals surface area contributed by atoms with Crippen LogP contribution in [0.1, 0.15) is 78.7 Å². The summed E-state index contributed by atoms with van der Waals surface area (Å²) in [6.45, 7) is 12.3. The molecule has 4 rings (SSSR count). The molecule has 0 fully saturated rings. The molecule has 4 nitrogen and oxygen atoms in total. The fourth-order valence-corrected chi connectivity index (χ4v) is 6.49. The Hall–Kier alpha value is -1.40. The molecule has 0 saturated heterocycles. The van der Waals surface area contributed by atoms with Gasteiger partial charge in [-0.25, -0.2) is 0 Å². The molecular weight excluding hydrogens is 536 g/mol. The Kier molecular flexibility index (Phi) is 6.03. The van der Waals surface area contributed by atoms with Crippen LogP contribution in [0.5, 0.6) is 5.75 Å². The van der Waals surface area contributed by atoms with E-state index in [4.69, 9.17) is 9.47 Å². The van der Waals surface area contributed by atoms with Gasteiger partial charge in [0.1, 0.15) is 17.3 Å². The van der Waals surface area contributed by atoms with Crippen LogP contribution in [0.3, 0.4) is 0 Å². The maximum atomic E-state index is 13.5. The Bertz CT molecular complexity index is 1020. The fourth-order valence-electron chi connectivity index (χ4n) is 5.14. The zero-order valence-corrected chi connectivity index (χ0v) is 22.7. The lowest BCUT2D eigenvalue weighted by molar-refractivity contribution is -0.120. The third kappa shape index (κ3) is 4.37. The van der Waals surface area contributed by atoms with Gasteiger partial charge in [-0.05, 0) is 52.7 Å². The number of benzene rings is 1. The first-order valence-electron chi connectivity index (χ1n) is 11.1. The van der Waals surface area contributed by atoms with E-state index in [1.54, 1.807) is 0 Å². The van der Waals surface area contributed by atoms with E-state index in [1.807, 2.05) is 26.0 Å². The quantitative estimate of drug-likeness (QED) is 0.383. The molecule has 0 atom stereocenters. The van der Waals surface area contributed by atoms with Crippen molar-refractivity contribution >= 4 is 43.4 Å². The minimum atomic E-state index is -0.483. The number of carbonyl (C=O) groups excluding carboxylic acids is 2. The number of halogens is 2. The number of hydrogen-bond acceptors (Lipinski definition) is 4. The smallest absolute Gasteiger partial charge is 0.163 e. The van der Waals surface area contributed by atoms with Crippen molar-refractivity contribution in [2.75, 3.05) is 0 Å². The molecule has 0 N–H and O–H groups in total. The van der Waals surface area contributed by atoms with Crippen LogP contribution < -0.4 is 4.74 Å². The minimum Gasteiger partial charge on any atom is -0.490 e. The molecule has 1 aromatic carbocycles. The number of Topliss-reactive ketones (excluding diaryl/α,β-unsaturated/α-hetero) is 2. The van der Waals surface area contributed by atoms with E-state index in [2.05, 4.69) is 59.6 Å². The molecule has 1 aliphatic heterocycles. The average Bonchev–Trinajstić information content (AvgIpc) is 2.59. The van der Waals surface area contributed by atoms with Gasteiger partial charge < -0.3 is 9.47 Å². The second-order valence-corrected chi connectivity index (χ2v) is 12.8. The van der Waals surface area contributed by atoms with E-state index < -0.39 is 5.92 Å². The molecule has 0 saturated carbocycles. The Morgan fingerprint density at radius 1 is 0.906 bits per heavy atom. The summed E-state index contributed by atoms with van der Waals surface area (Å²) in [4.78, 5) is 27.0. The van der Waals surface area contributed by atoms with Gasteiger partial charge in [-0.15, -0.1) is 0 Å². The van der Waals surface area contributed by atoms with Crippen molar-refractivity contribution in [3.05, 3.63) is 49.3 Å². The van der Waals surface area contributed by atoms with Gasteiger partial charge in [-0.3, -0.25) is 9.59 Å². The predicted octanol–water partition coefficient (Wildman–Crippen LogP) is 7.40. The predicted molar refractivity (Wildman–Crippen MR) is 132 cm³/mol. The van der Waals surface area contributed by atoms with Crippen molar-refractivity contribution in [3.63, 3.8) is 0 Å². The molecule has 0 amide bonds. The third-order valence-corrected chi connectivity index (χ3v) is 7.33. The van der Waals surface area contributed by atoms with Crippen LogP contribution >= 0.6 is 31.9 Å². The van der Waals surface area contributed by atoms with E-state index in [1.165, 1.54) is 0 Å².